The van der Waals surface area contributed by atoms with Gasteiger partial charge in [0.2, 0.25) is 0 Å². The zero-order valence-corrected chi connectivity index (χ0v) is 12.4. The van der Waals surface area contributed by atoms with Gasteiger partial charge in [-0.15, -0.1) is 0 Å². The second kappa shape index (κ2) is 6.06. The van der Waals surface area contributed by atoms with E-state index in [9.17, 15) is 5.11 Å². The Morgan fingerprint density at radius 1 is 1.16 bits per heavy atom. The second-order valence-corrected chi connectivity index (χ2v) is 6.85. The molecule has 1 aromatic rings. The van der Waals surface area contributed by atoms with Crippen molar-refractivity contribution in [2.24, 2.45) is 0 Å². The average Bonchev–Trinajstić information content (AvgIpc) is 2.36. The van der Waals surface area contributed by atoms with Crippen molar-refractivity contribution in [3.63, 3.8) is 0 Å². The van der Waals surface area contributed by atoms with Crippen molar-refractivity contribution in [3.8, 4) is 0 Å². The molecule has 2 N–H and O–H groups in total. The smallest absolute Gasteiger partial charge is 0.0555 e. The number of aliphatic hydroxyl groups is 1. The molecule has 1 saturated carbocycles. The van der Waals surface area contributed by atoms with E-state index in [0.29, 0.717) is 6.04 Å². The van der Waals surface area contributed by atoms with E-state index in [-0.39, 0.29) is 11.5 Å². The number of rotatable bonds is 3. The summed E-state index contributed by atoms with van der Waals surface area (Å²) in [7, 11) is 0. The summed E-state index contributed by atoms with van der Waals surface area (Å²) in [5.41, 5.74) is 2.93. The van der Waals surface area contributed by atoms with E-state index in [1.54, 1.807) is 0 Å². The van der Waals surface area contributed by atoms with Crippen molar-refractivity contribution in [2.45, 2.75) is 70.6 Å². The normalized spacial score (nSPS) is 24.4. The van der Waals surface area contributed by atoms with Gasteiger partial charge in [0.05, 0.1) is 6.10 Å². The Morgan fingerprint density at radius 2 is 1.84 bits per heavy atom. The van der Waals surface area contributed by atoms with Gasteiger partial charge in [0.15, 0.2) is 0 Å². The average molecular weight is 261 g/mol. The van der Waals surface area contributed by atoms with Gasteiger partial charge in [-0.25, -0.2) is 0 Å². The molecule has 1 aliphatic carbocycles. The maximum atomic E-state index is 9.66. The molecule has 0 spiro atoms. The van der Waals surface area contributed by atoms with Crippen LogP contribution < -0.4 is 5.32 Å². The third-order valence-corrected chi connectivity index (χ3v) is 4.06. The molecule has 106 valence electrons. The van der Waals surface area contributed by atoms with E-state index < -0.39 is 0 Å². The SMILES string of the molecule is CC(C)(C)c1ccc(CNC2CCCC(O)C2)cc1. The van der Waals surface area contributed by atoms with Gasteiger partial charge in [0.25, 0.3) is 0 Å². The van der Waals surface area contributed by atoms with Gasteiger partial charge in [-0.3, -0.25) is 0 Å². The zero-order valence-electron chi connectivity index (χ0n) is 12.4. The maximum Gasteiger partial charge on any atom is 0.0555 e. The Morgan fingerprint density at radius 3 is 2.42 bits per heavy atom. The zero-order chi connectivity index (χ0) is 13.9. The topological polar surface area (TPSA) is 32.3 Å². The molecular formula is C17H27NO. The summed E-state index contributed by atoms with van der Waals surface area (Å²) in [6.45, 7) is 7.62. The van der Waals surface area contributed by atoms with Crippen LogP contribution in [-0.4, -0.2) is 17.3 Å². The molecular weight excluding hydrogens is 234 g/mol. The van der Waals surface area contributed by atoms with Crippen LogP contribution in [0, 0.1) is 0 Å². The third-order valence-electron chi connectivity index (χ3n) is 4.06. The fourth-order valence-electron chi connectivity index (χ4n) is 2.73. The van der Waals surface area contributed by atoms with Crippen LogP contribution in [0.15, 0.2) is 24.3 Å². The molecule has 2 rings (SSSR count). The quantitative estimate of drug-likeness (QED) is 0.874. The van der Waals surface area contributed by atoms with Crippen LogP contribution in [0.5, 0.6) is 0 Å². The molecule has 0 saturated heterocycles. The molecule has 0 amide bonds. The van der Waals surface area contributed by atoms with Crippen molar-refractivity contribution < 1.29 is 5.11 Å². The highest BCUT2D eigenvalue weighted by Crippen LogP contribution is 2.22. The van der Waals surface area contributed by atoms with E-state index in [4.69, 9.17) is 0 Å². The first-order valence-electron chi connectivity index (χ1n) is 7.46. The highest BCUT2D eigenvalue weighted by molar-refractivity contribution is 5.27. The highest BCUT2D eigenvalue weighted by Gasteiger charge is 2.19. The van der Waals surface area contributed by atoms with Crippen LogP contribution >= 0.6 is 0 Å². The lowest BCUT2D eigenvalue weighted by Gasteiger charge is -2.27. The van der Waals surface area contributed by atoms with Gasteiger partial charge in [-0.2, -0.15) is 0 Å². The van der Waals surface area contributed by atoms with Gasteiger partial charge in [0, 0.05) is 12.6 Å². The summed E-state index contributed by atoms with van der Waals surface area (Å²) < 4.78 is 0. The monoisotopic (exact) mass is 261 g/mol. The van der Waals surface area contributed by atoms with Crippen LogP contribution in [0.25, 0.3) is 0 Å². The van der Waals surface area contributed by atoms with E-state index >= 15 is 0 Å². The summed E-state index contributed by atoms with van der Waals surface area (Å²) in [5, 5.41) is 13.2. The first-order valence-corrected chi connectivity index (χ1v) is 7.46. The van der Waals surface area contributed by atoms with Crippen LogP contribution in [0.4, 0.5) is 0 Å². The van der Waals surface area contributed by atoms with Crippen molar-refractivity contribution >= 4 is 0 Å². The molecule has 0 radical (unpaired) electrons. The van der Waals surface area contributed by atoms with Gasteiger partial charge in [-0.05, 0) is 42.2 Å². The molecule has 0 heterocycles. The maximum absolute atomic E-state index is 9.66. The molecule has 0 bridgehead atoms. The van der Waals surface area contributed by atoms with E-state index in [2.05, 4.69) is 50.4 Å². The van der Waals surface area contributed by atoms with Crippen LogP contribution in [0.1, 0.15) is 57.6 Å². The van der Waals surface area contributed by atoms with Crippen LogP contribution in [0.2, 0.25) is 0 Å². The van der Waals surface area contributed by atoms with Gasteiger partial charge >= 0.3 is 0 Å². The Labute approximate surface area is 117 Å². The minimum atomic E-state index is -0.102. The van der Waals surface area contributed by atoms with E-state index in [0.717, 1.165) is 25.8 Å². The van der Waals surface area contributed by atoms with Crippen molar-refractivity contribution in [2.75, 3.05) is 0 Å². The van der Waals surface area contributed by atoms with Crippen molar-refractivity contribution in [1.82, 2.24) is 5.32 Å². The summed E-state index contributed by atoms with van der Waals surface area (Å²) in [5.74, 6) is 0. The largest absolute Gasteiger partial charge is 0.393 e. The minimum absolute atomic E-state index is 0.102. The Kier molecular flexibility index (Phi) is 4.64. The first-order chi connectivity index (χ1) is 8.95. The fraction of sp³-hybridized carbons (Fsp3) is 0.647. The van der Waals surface area contributed by atoms with Crippen LogP contribution in [0.3, 0.4) is 0 Å². The van der Waals surface area contributed by atoms with Gasteiger partial charge in [-0.1, -0.05) is 45.0 Å². The number of benzene rings is 1. The van der Waals surface area contributed by atoms with Gasteiger partial charge in [0.1, 0.15) is 0 Å². The standard InChI is InChI=1S/C17H27NO/c1-17(2,3)14-9-7-13(8-10-14)12-18-15-5-4-6-16(19)11-15/h7-10,15-16,18-19H,4-6,11-12H2,1-3H3. The Balaban J connectivity index is 1.86. The first kappa shape index (κ1) is 14.5. The number of nitrogens with one attached hydrogen (secondary N) is 1. The molecule has 2 nitrogen and oxygen atoms in total. The van der Waals surface area contributed by atoms with E-state index in [1.807, 2.05) is 0 Å². The summed E-state index contributed by atoms with van der Waals surface area (Å²) in [6, 6.07) is 9.37. The molecule has 1 aromatic carbocycles. The fourth-order valence-corrected chi connectivity index (χ4v) is 2.73. The molecule has 2 heteroatoms. The minimum Gasteiger partial charge on any atom is -0.393 e. The molecule has 1 fully saturated rings. The number of aliphatic hydroxyl groups excluding tert-OH is 1. The Hall–Kier alpha value is -0.860. The molecule has 19 heavy (non-hydrogen) atoms. The lowest BCUT2D eigenvalue weighted by Crippen LogP contribution is -2.35. The molecule has 0 aliphatic heterocycles. The number of hydrogen-bond acceptors (Lipinski definition) is 2. The second-order valence-electron chi connectivity index (χ2n) is 6.85. The summed E-state index contributed by atoms with van der Waals surface area (Å²) in [4.78, 5) is 0. The van der Waals surface area contributed by atoms with Crippen LogP contribution in [-0.2, 0) is 12.0 Å². The van der Waals surface area contributed by atoms with Crippen molar-refractivity contribution in [1.29, 1.82) is 0 Å². The van der Waals surface area contributed by atoms with E-state index in [1.165, 1.54) is 17.5 Å². The highest BCUT2D eigenvalue weighted by atomic mass is 16.3. The lowest BCUT2D eigenvalue weighted by atomic mass is 9.86. The van der Waals surface area contributed by atoms with Gasteiger partial charge < -0.3 is 10.4 Å². The molecule has 2 atom stereocenters. The molecule has 2 unspecified atom stereocenters. The summed E-state index contributed by atoms with van der Waals surface area (Å²) >= 11 is 0. The molecule has 1 aliphatic rings. The number of hydrogen-bond donors (Lipinski definition) is 2. The Bertz CT molecular complexity index is 391. The summed E-state index contributed by atoms with van der Waals surface area (Å²) in [6.07, 6.45) is 4.10. The van der Waals surface area contributed by atoms with Crippen molar-refractivity contribution in [3.05, 3.63) is 35.4 Å². The predicted octanol–water partition coefficient (Wildman–Crippen LogP) is 3.38. The third kappa shape index (κ3) is 4.32. The molecule has 0 aromatic heterocycles. The lowest BCUT2D eigenvalue weighted by molar-refractivity contribution is 0.111. The predicted molar refractivity (Wildman–Crippen MR) is 80.2 cm³/mol.